The average molecular weight is 332 g/mol. The zero-order valence-corrected chi connectivity index (χ0v) is 15.1. The normalized spacial score (nSPS) is 20.0. The van der Waals surface area contributed by atoms with Crippen LogP contribution in [0.2, 0.25) is 0 Å². The maximum Gasteiger partial charge on any atom is 0.206 e. The summed E-state index contributed by atoms with van der Waals surface area (Å²) in [4.78, 5) is 17.0. The standard InChI is InChI=1S/C22H24N2O/c1-15-11-16(13-22(2,3)12-15)14-24-18-8-5-4-7-17(18)23-21-19(24)9-6-10-20(21)25/h4-11,16H,12-14H2,1-3H3. The van der Waals surface area contributed by atoms with Crippen molar-refractivity contribution in [2.75, 3.05) is 0 Å². The van der Waals surface area contributed by atoms with E-state index in [0.29, 0.717) is 17.0 Å². The van der Waals surface area contributed by atoms with Gasteiger partial charge in [0.2, 0.25) is 5.43 Å². The number of para-hydroxylation sites is 3. The van der Waals surface area contributed by atoms with Crippen LogP contribution < -0.4 is 5.43 Å². The van der Waals surface area contributed by atoms with E-state index in [1.807, 2.05) is 30.3 Å². The molecule has 128 valence electrons. The van der Waals surface area contributed by atoms with E-state index in [1.165, 1.54) is 5.57 Å². The van der Waals surface area contributed by atoms with Crippen molar-refractivity contribution < 1.29 is 0 Å². The van der Waals surface area contributed by atoms with E-state index >= 15 is 0 Å². The van der Waals surface area contributed by atoms with E-state index in [9.17, 15) is 4.79 Å². The Morgan fingerprint density at radius 1 is 1.16 bits per heavy atom. The van der Waals surface area contributed by atoms with Crippen LogP contribution in [0, 0.1) is 11.3 Å². The van der Waals surface area contributed by atoms with Crippen LogP contribution in [-0.4, -0.2) is 9.55 Å². The van der Waals surface area contributed by atoms with Crippen LogP contribution in [0.1, 0.15) is 33.6 Å². The summed E-state index contributed by atoms with van der Waals surface area (Å²) in [5, 5.41) is 0. The fourth-order valence-corrected chi connectivity index (χ4v) is 4.48. The highest BCUT2D eigenvalue weighted by atomic mass is 16.1. The molecule has 1 atom stereocenters. The summed E-state index contributed by atoms with van der Waals surface area (Å²) in [6.45, 7) is 7.81. The van der Waals surface area contributed by atoms with Gasteiger partial charge in [0.05, 0.1) is 16.7 Å². The van der Waals surface area contributed by atoms with Gasteiger partial charge in [-0.1, -0.05) is 43.7 Å². The van der Waals surface area contributed by atoms with Gasteiger partial charge in [-0.05, 0) is 55.4 Å². The Hall–Kier alpha value is -2.42. The number of hydrogen-bond acceptors (Lipinski definition) is 2. The van der Waals surface area contributed by atoms with Crippen LogP contribution in [0.5, 0.6) is 0 Å². The Bertz CT molecular complexity index is 996. The molecule has 0 radical (unpaired) electrons. The maximum absolute atomic E-state index is 12.3. The predicted octanol–water partition coefficient (Wildman–Crippen LogP) is 4.88. The summed E-state index contributed by atoms with van der Waals surface area (Å²) in [5.41, 5.74) is 5.26. The van der Waals surface area contributed by atoms with E-state index in [4.69, 9.17) is 0 Å². The molecule has 0 aromatic heterocycles. The van der Waals surface area contributed by atoms with Crippen LogP contribution >= 0.6 is 0 Å². The van der Waals surface area contributed by atoms with Gasteiger partial charge in [-0.3, -0.25) is 4.79 Å². The highest BCUT2D eigenvalue weighted by Gasteiger charge is 2.28. The molecule has 0 spiro atoms. The van der Waals surface area contributed by atoms with Gasteiger partial charge >= 0.3 is 0 Å². The third-order valence-electron chi connectivity index (χ3n) is 5.18. The molecule has 1 aromatic rings. The number of fused-ring (bicyclic) bond motifs is 2. The highest BCUT2D eigenvalue weighted by Crippen LogP contribution is 2.39. The lowest BCUT2D eigenvalue weighted by Crippen LogP contribution is -2.25. The summed E-state index contributed by atoms with van der Waals surface area (Å²) in [7, 11) is 0. The molecule has 0 N–H and O–H groups in total. The highest BCUT2D eigenvalue weighted by molar-refractivity contribution is 5.80. The third kappa shape index (κ3) is 2.99. The monoisotopic (exact) mass is 332 g/mol. The number of hydrogen-bond donors (Lipinski definition) is 0. The second-order valence-corrected chi connectivity index (χ2v) is 8.15. The summed E-state index contributed by atoms with van der Waals surface area (Å²) in [6, 6.07) is 13.6. The fourth-order valence-electron chi connectivity index (χ4n) is 4.48. The number of rotatable bonds is 2. The molecule has 1 aromatic carbocycles. The summed E-state index contributed by atoms with van der Waals surface area (Å²) in [5.74, 6) is 0.470. The van der Waals surface area contributed by atoms with Gasteiger partial charge in [0.15, 0.2) is 0 Å². The average Bonchev–Trinajstić information content (AvgIpc) is 2.54. The molecule has 0 fully saturated rings. The van der Waals surface area contributed by atoms with E-state index in [2.05, 4.69) is 42.5 Å². The molecule has 0 amide bonds. The second kappa shape index (κ2) is 5.83. The minimum atomic E-state index is -0.00676. The van der Waals surface area contributed by atoms with Crippen LogP contribution in [0.3, 0.4) is 0 Å². The minimum Gasteiger partial charge on any atom is -0.337 e. The van der Waals surface area contributed by atoms with Crippen molar-refractivity contribution >= 4 is 11.0 Å². The van der Waals surface area contributed by atoms with Crippen molar-refractivity contribution in [3.63, 3.8) is 0 Å². The Morgan fingerprint density at radius 3 is 2.76 bits per heavy atom. The number of aromatic nitrogens is 2. The van der Waals surface area contributed by atoms with E-state index in [1.54, 1.807) is 6.07 Å². The number of allylic oxidation sites excluding steroid dienone is 2. The molecule has 4 rings (SSSR count). The zero-order chi connectivity index (χ0) is 17.6. The first-order chi connectivity index (χ1) is 11.9. The molecule has 3 aliphatic rings. The van der Waals surface area contributed by atoms with Crippen LogP contribution in [0.4, 0.5) is 0 Å². The Morgan fingerprint density at radius 2 is 1.96 bits per heavy atom. The lowest BCUT2D eigenvalue weighted by Gasteiger charge is -2.35. The SMILES string of the molecule is CC1=CC(Cn2c3cccc(=O)c-3nc3ccccc32)CC(C)(C)C1. The quantitative estimate of drug-likeness (QED) is 0.495. The van der Waals surface area contributed by atoms with Gasteiger partial charge < -0.3 is 4.57 Å². The molecule has 1 heterocycles. The first-order valence-corrected chi connectivity index (χ1v) is 8.99. The zero-order valence-electron chi connectivity index (χ0n) is 15.1. The van der Waals surface area contributed by atoms with Crippen LogP contribution in [0.15, 0.2) is 58.9 Å². The molecule has 3 heteroatoms. The lowest BCUT2D eigenvalue weighted by atomic mass is 9.73. The molecule has 0 saturated carbocycles. The van der Waals surface area contributed by atoms with Gasteiger partial charge in [0, 0.05) is 6.54 Å². The van der Waals surface area contributed by atoms with Gasteiger partial charge in [-0.25, -0.2) is 4.98 Å². The molecule has 1 unspecified atom stereocenters. The number of benzene rings is 2. The van der Waals surface area contributed by atoms with Gasteiger partial charge in [-0.2, -0.15) is 0 Å². The van der Waals surface area contributed by atoms with Gasteiger partial charge in [0.1, 0.15) is 5.69 Å². The maximum atomic E-state index is 12.3. The molecular weight excluding hydrogens is 308 g/mol. The van der Waals surface area contributed by atoms with Crippen molar-refractivity contribution in [1.29, 1.82) is 0 Å². The number of nitrogens with zero attached hydrogens (tertiary/aromatic N) is 2. The first kappa shape index (κ1) is 16.1. The van der Waals surface area contributed by atoms with Gasteiger partial charge in [0.25, 0.3) is 0 Å². The van der Waals surface area contributed by atoms with E-state index in [-0.39, 0.29) is 5.43 Å². The largest absolute Gasteiger partial charge is 0.337 e. The summed E-state index contributed by atoms with van der Waals surface area (Å²) >= 11 is 0. The predicted molar refractivity (Wildman–Crippen MR) is 103 cm³/mol. The molecule has 0 bridgehead atoms. The molecule has 2 aliphatic carbocycles. The van der Waals surface area contributed by atoms with E-state index < -0.39 is 0 Å². The fraction of sp³-hybridized carbons (Fsp3) is 0.364. The van der Waals surface area contributed by atoms with Crippen LogP contribution in [-0.2, 0) is 6.54 Å². The summed E-state index contributed by atoms with van der Waals surface area (Å²) in [6.07, 6.45) is 4.74. The molecule has 0 saturated heterocycles. The molecule has 3 nitrogen and oxygen atoms in total. The summed E-state index contributed by atoms with van der Waals surface area (Å²) < 4.78 is 2.29. The Balaban J connectivity index is 1.89. The lowest BCUT2D eigenvalue weighted by molar-refractivity contribution is 0.257. The van der Waals surface area contributed by atoms with Crippen LogP contribution in [0.25, 0.3) is 22.4 Å². The molecular formula is C22H24N2O. The second-order valence-electron chi connectivity index (χ2n) is 8.15. The van der Waals surface area contributed by atoms with Gasteiger partial charge in [-0.15, -0.1) is 0 Å². The van der Waals surface area contributed by atoms with Crippen molar-refractivity contribution in [2.24, 2.45) is 11.3 Å². The molecule has 25 heavy (non-hydrogen) atoms. The smallest absolute Gasteiger partial charge is 0.206 e. The third-order valence-corrected chi connectivity index (χ3v) is 5.18. The Labute approximate surface area is 148 Å². The van der Waals surface area contributed by atoms with Crippen molar-refractivity contribution in [2.45, 2.75) is 40.2 Å². The molecule has 1 aliphatic heterocycles. The van der Waals surface area contributed by atoms with Crippen molar-refractivity contribution in [1.82, 2.24) is 9.55 Å². The minimum absolute atomic E-state index is 0.00676. The van der Waals surface area contributed by atoms with Crippen molar-refractivity contribution in [3.8, 4) is 11.4 Å². The van der Waals surface area contributed by atoms with E-state index in [0.717, 1.165) is 36.1 Å². The first-order valence-electron chi connectivity index (χ1n) is 8.99. The van der Waals surface area contributed by atoms with Crippen molar-refractivity contribution in [3.05, 3.63) is 64.3 Å². The topological polar surface area (TPSA) is 34.9 Å². The Kier molecular flexibility index (Phi) is 3.75.